The lowest BCUT2D eigenvalue weighted by atomic mass is 10.00. The molecule has 1 aliphatic heterocycles. The second-order valence-corrected chi connectivity index (χ2v) is 7.42. The summed E-state index contributed by atoms with van der Waals surface area (Å²) in [7, 11) is 0. The molecule has 3 heterocycles. The van der Waals surface area contributed by atoms with Crippen molar-refractivity contribution in [3.8, 4) is 0 Å². The summed E-state index contributed by atoms with van der Waals surface area (Å²) in [4.78, 5) is 27.9. The van der Waals surface area contributed by atoms with Crippen LogP contribution in [0.4, 0.5) is 10.5 Å². The van der Waals surface area contributed by atoms with Crippen LogP contribution in [-0.4, -0.2) is 33.9 Å². The third-order valence-corrected chi connectivity index (χ3v) is 5.16. The number of rotatable bonds is 7. The zero-order valence-electron chi connectivity index (χ0n) is 16.1. The van der Waals surface area contributed by atoms with E-state index < -0.39 is 6.09 Å². The van der Waals surface area contributed by atoms with Gasteiger partial charge < -0.3 is 15.0 Å². The van der Waals surface area contributed by atoms with Gasteiger partial charge in [-0.25, -0.2) is 14.8 Å². The average Bonchev–Trinajstić information content (AvgIpc) is 3.32. The molecule has 0 bridgehead atoms. The molecule has 1 aromatic carbocycles. The Morgan fingerprint density at radius 1 is 1.28 bits per heavy atom. The fourth-order valence-corrected chi connectivity index (χ4v) is 3.71. The first-order valence-electron chi connectivity index (χ1n) is 9.65. The minimum Gasteiger partial charge on any atom is -0.450 e. The predicted molar refractivity (Wildman–Crippen MR) is 113 cm³/mol. The maximum absolute atomic E-state index is 11.9. The average molecular weight is 412 g/mol. The Balaban J connectivity index is 1.16. The third kappa shape index (κ3) is 4.56. The Labute approximate surface area is 173 Å². The van der Waals surface area contributed by atoms with Crippen LogP contribution in [0.25, 0.3) is 10.9 Å². The second-order valence-electron chi connectivity index (χ2n) is 7.08. The van der Waals surface area contributed by atoms with Crippen molar-refractivity contribution in [2.75, 3.05) is 6.61 Å². The number of nitrogens with one attached hydrogen (secondary N) is 2. The quantitative estimate of drug-likeness (QED) is 0.430. The fraction of sp³-hybridized carbons (Fsp3) is 0.333. The molecule has 1 unspecified atom stereocenters. The molecule has 7 nitrogen and oxygen atoms in total. The first-order valence-corrected chi connectivity index (χ1v) is 10.0. The summed E-state index contributed by atoms with van der Waals surface area (Å²) in [6.45, 7) is 2.70. The van der Waals surface area contributed by atoms with E-state index in [9.17, 15) is 4.79 Å². The molecule has 4 rings (SSSR count). The van der Waals surface area contributed by atoms with Gasteiger partial charge in [0.2, 0.25) is 5.28 Å². The molecule has 0 saturated carbocycles. The molecule has 1 atom stereocenters. The maximum Gasteiger partial charge on any atom is 0.407 e. The van der Waals surface area contributed by atoms with Crippen molar-refractivity contribution in [2.24, 2.45) is 4.99 Å². The first kappa shape index (κ1) is 19.4. The highest BCUT2D eigenvalue weighted by Gasteiger charge is 2.23. The van der Waals surface area contributed by atoms with Crippen molar-refractivity contribution in [1.82, 2.24) is 20.3 Å². The minimum atomic E-state index is -0.401. The van der Waals surface area contributed by atoms with Crippen LogP contribution in [0.15, 0.2) is 35.5 Å². The van der Waals surface area contributed by atoms with E-state index in [1.807, 2.05) is 43.6 Å². The van der Waals surface area contributed by atoms with Crippen molar-refractivity contribution in [2.45, 2.75) is 38.6 Å². The van der Waals surface area contributed by atoms with E-state index in [1.165, 1.54) is 0 Å². The first-order chi connectivity index (χ1) is 14.1. The number of hydrogen-bond donors (Lipinski definition) is 2. The number of amides is 1. The van der Waals surface area contributed by atoms with Crippen LogP contribution >= 0.6 is 11.6 Å². The van der Waals surface area contributed by atoms with Gasteiger partial charge in [-0.1, -0.05) is 6.07 Å². The molecule has 0 fully saturated rings. The molecule has 1 aliphatic rings. The highest BCUT2D eigenvalue weighted by molar-refractivity contribution is 6.28. The Bertz CT molecular complexity index is 1060. The van der Waals surface area contributed by atoms with E-state index in [0.717, 1.165) is 52.8 Å². The number of aryl methyl sites for hydroxylation is 1. The summed E-state index contributed by atoms with van der Waals surface area (Å²) in [5.74, 6) is 0.140. The largest absolute Gasteiger partial charge is 0.450 e. The van der Waals surface area contributed by atoms with Crippen LogP contribution in [0, 0.1) is 6.92 Å². The number of hydrogen-bond acceptors (Lipinski definition) is 5. The normalized spacial score (nSPS) is 14.9. The molecule has 2 aromatic heterocycles. The molecule has 3 aromatic rings. The van der Waals surface area contributed by atoms with E-state index in [1.54, 1.807) is 0 Å². The number of ether oxygens (including phenoxy) is 1. The molecule has 8 heteroatoms. The number of carbonyl (C=O) groups excluding carboxylic acids is 1. The SMILES string of the molecule is Cc1nc(Cl)nc2c1N=CC2CCCCOC(=O)NCc1ccc2[nH]ccc2c1. The maximum atomic E-state index is 11.9. The van der Waals surface area contributed by atoms with E-state index >= 15 is 0 Å². The molecule has 2 N–H and O–H groups in total. The molecule has 0 aliphatic carbocycles. The molecular formula is C21H22ClN5O2. The van der Waals surface area contributed by atoms with E-state index in [0.29, 0.717) is 13.2 Å². The fourth-order valence-electron chi connectivity index (χ4n) is 3.49. The van der Waals surface area contributed by atoms with E-state index in [2.05, 4.69) is 25.3 Å². The smallest absolute Gasteiger partial charge is 0.407 e. The second kappa shape index (κ2) is 8.61. The summed E-state index contributed by atoms with van der Waals surface area (Å²) in [5, 5.41) is 4.17. The number of halogens is 1. The topological polar surface area (TPSA) is 92.3 Å². The standard InChI is InChI=1S/C21H22ClN5O2/c1-13-18-19(27-20(22)26-13)16(12-24-18)4-2-3-9-29-21(28)25-11-14-5-6-17-15(10-14)7-8-23-17/h5-8,10,12,16,23H,2-4,9,11H2,1H3,(H,25,28). The summed E-state index contributed by atoms with van der Waals surface area (Å²) in [6, 6.07) is 8.04. The van der Waals surface area contributed by atoms with Gasteiger partial charge in [0, 0.05) is 30.4 Å². The predicted octanol–water partition coefficient (Wildman–Crippen LogP) is 4.82. The summed E-state index contributed by atoms with van der Waals surface area (Å²) < 4.78 is 5.27. The number of aromatic nitrogens is 3. The van der Waals surface area contributed by atoms with E-state index in [4.69, 9.17) is 16.3 Å². The van der Waals surface area contributed by atoms with Gasteiger partial charge >= 0.3 is 6.09 Å². The lowest BCUT2D eigenvalue weighted by Gasteiger charge is -2.10. The van der Waals surface area contributed by atoms with Crippen LogP contribution in [0.2, 0.25) is 5.28 Å². The Kier molecular flexibility index (Phi) is 5.76. The van der Waals surface area contributed by atoms with Crippen LogP contribution in [0.5, 0.6) is 0 Å². The van der Waals surface area contributed by atoms with Gasteiger partial charge in [-0.2, -0.15) is 0 Å². The molecular weight excluding hydrogens is 390 g/mol. The zero-order valence-corrected chi connectivity index (χ0v) is 16.9. The Hall–Kier alpha value is -2.93. The third-order valence-electron chi connectivity index (χ3n) is 4.99. The lowest BCUT2D eigenvalue weighted by Crippen LogP contribution is -2.24. The summed E-state index contributed by atoms with van der Waals surface area (Å²) in [6.07, 6.45) is 5.95. The lowest BCUT2D eigenvalue weighted by molar-refractivity contribution is 0.143. The molecule has 0 saturated heterocycles. The van der Waals surface area contributed by atoms with Gasteiger partial charge in [0.15, 0.2) is 0 Å². The number of alkyl carbamates (subject to hydrolysis) is 1. The Morgan fingerprint density at radius 3 is 3.07 bits per heavy atom. The number of nitrogens with zero attached hydrogens (tertiary/aromatic N) is 3. The van der Waals surface area contributed by atoms with Crippen molar-refractivity contribution < 1.29 is 9.53 Å². The monoisotopic (exact) mass is 411 g/mol. The van der Waals surface area contributed by atoms with Gasteiger partial charge in [0.05, 0.1) is 18.0 Å². The van der Waals surface area contributed by atoms with Crippen molar-refractivity contribution in [3.05, 3.63) is 52.7 Å². The summed E-state index contributed by atoms with van der Waals surface area (Å²) >= 11 is 5.97. The van der Waals surface area contributed by atoms with Gasteiger partial charge in [-0.15, -0.1) is 0 Å². The van der Waals surface area contributed by atoms with Crippen LogP contribution in [-0.2, 0) is 11.3 Å². The molecule has 29 heavy (non-hydrogen) atoms. The van der Waals surface area contributed by atoms with Crippen molar-refractivity contribution in [1.29, 1.82) is 0 Å². The van der Waals surface area contributed by atoms with Gasteiger partial charge in [-0.05, 0) is 66.9 Å². The Morgan fingerprint density at radius 2 is 2.17 bits per heavy atom. The number of H-pyrrole nitrogens is 1. The highest BCUT2D eigenvalue weighted by atomic mass is 35.5. The van der Waals surface area contributed by atoms with Crippen molar-refractivity contribution >= 4 is 40.5 Å². The molecule has 150 valence electrons. The number of aliphatic imine (C=N–C) groups is 1. The van der Waals surface area contributed by atoms with Crippen molar-refractivity contribution in [3.63, 3.8) is 0 Å². The van der Waals surface area contributed by atoms with Crippen LogP contribution in [0.3, 0.4) is 0 Å². The number of fused-ring (bicyclic) bond motifs is 2. The van der Waals surface area contributed by atoms with Crippen LogP contribution in [0.1, 0.15) is 42.1 Å². The molecule has 1 amide bonds. The van der Waals surface area contributed by atoms with Gasteiger partial charge in [0.25, 0.3) is 0 Å². The minimum absolute atomic E-state index is 0.140. The van der Waals surface area contributed by atoms with Crippen LogP contribution < -0.4 is 5.32 Å². The molecule has 0 spiro atoms. The highest BCUT2D eigenvalue weighted by Crippen LogP contribution is 2.35. The zero-order chi connectivity index (χ0) is 20.2. The van der Waals surface area contributed by atoms with E-state index in [-0.39, 0.29) is 11.2 Å². The number of aromatic amines is 1. The molecule has 0 radical (unpaired) electrons. The number of unbranched alkanes of at least 4 members (excludes halogenated alkanes) is 1. The van der Waals surface area contributed by atoms with Gasteiger partial charge in [-0.3, -0.25) is 4.99 Å². The number of carbonyl (C=O) groups is 1. The summed E-state index contributed by atoms with van der Waals surface area (Å²) in [5.41, 5.74) is 4.63. The number of benzene rings is 1. The van der Waals surface area contributed by atoms with Gasteiger partial charge in [0.1, 0.15) is 5.69 Å².